The van der Waals surface area contributed by atoms with Crippen LogP contribution in [0.25, 0.3) is 0 Å². The first-order valence-corrected chi connectivity index (χ1v) is 9.69. The van der Waals surface area contributed by atoms with Crippen molar-refractivity contribution in [3.63, 3.8) is 0 Å². The van der Waals surface area contributed by atoms with E-state index in [4.69, 9.17) is 9.47 Å². The normalized spacial score (nSPS) is 12.7. The van der Waals surface area contributed by atoms with Crippen LogP contribution in [0.1, 0.15) is 23.6 Å². The van der Waals surface area contributed by atoms with Gasteiger partial charge in [0.15, 0.2) is 11.5 Å². The fourth-order valence-corrected chi connectivity index (χ4v) is 3.57. The third-order valence-corrected chi connectivity index (χ3v) is 4.81. The van der Waals surface area contributed by atoms with Crippen LogP contribution < -0.4 is 14.8 Å². The molecule has 1 amide bonds. The van der Waals surface area contributed by atoms with Gasteiger partial charge in [-0.15, -0.1) is 11.8 Å². The van der Waals surface area contributed by atoms with Crippen molar-refractivity contribution in [2.75, 3.05) is 25.5 Å². The van der Waals surface area contributed by atoms with Crippen LogP contribution >= 0.6 is 11.8 Å². The number of thioether (sulfide) groups is 1. The van der Waals surface area contributed by atoms with Gasteiger partial charge in [-0.25, -0.2) is 9.97 Å². The maximum atomic E-state index is 12.0. The minimum absolute atomic E-state index is 0.0411. The maximum Gasteiger partial charge on any atom is 0.220 e. The van der Waals surface area contributed by atoms with Crippen LogP contribution in [0.2, 0.25) is 0 Å². The lowest BCUT2D eigenvalue weighted by Gasteiger charge is -2.18. The fraction of sp³-hybridized carbons (Fsp3) is 0.421. The monoisotopic (exact) mass is 373 g/mol. The summed E-state index contributed by atoms with van der Waals surface area (Å²) in [4.78, 5) is 21.8. The first-order chi connectivity index (χ1) is 12.6. The van der Waals surface area contributed by atoms with Crippen LogP contribution in [-0.4, -0.2) is 41.4 Å². The van der Waals surface area contributed by atoms with Crippen molar-refractivity contribution in [2.45, 2.75) is 31.6 Å². The van der Waals surface area contributed by atoms with Gasteiger partial charge in [0.25, 0.3) is 0 Å². The highest BCUT2D eigenvalue weighted by atomic mass is 32.2. The maximum absolute atomic E-state index is 12.0. The van der Waals surface area contributed by atoms with E-state index in [0.717, 1.165) is 33.6 Å². The smallest absolute Gasteiger partial charge is 0.220 e. The van der Waals surface area contributed by atoms with E-state index < -0.39 is 0 Å². The quantitative estimate of drug-likeness (QED) is 0.753. The number of nitrogens with one attached hydrogen (secondary N) is 1. The van der Waals surface area contributed by atoms with E-state index in [2.05, 4.69) is 15.3 Å². The van der Waals surface area contributed by atoms with Crippen LogP contribution in [0.15, 0.2) is 29.2 Å². The molecule has 1 aromatic carbocycles. The zero-order chi connectivity index (χ0) is 18.4. The van der Waals surface area contributed by atoms with Crippen molar-refractivity contribution in [3.05, 3.63) is 41.5 Å². The van der Waals surface area contributed by atoms with Gasteiger partial charge in [0.1, 0.15) is 19.0 Å². The fourth-order valence-electron chi connectivity index (χ4n) is 2.69. The molecule has 1 aliphatic heterocycles. The van der Waals surface area contributed by atoms with Gasteiger partial charge in [-0.2, -0.15) is 0 Å². The number of benzene rings is 1. The number of aryl methyl sites for hydroxylation is 2. The number of carbonyl (C=O) groups excluding carboxylic acids is 1. The number of hydrogen-bond acceptors (Lipinski definition) is 6. The Morgan fingerprint density at radius 1 is 1.12 bits per heavy atom. The molecular formula is C19H23N3O3S. The van der Waals surface area contributed by atoms with E-state index >= 15 is 0 Å². The summed E-state index contributed by atoms with van der Waals surface area (Å²) in [6.45, 7) is 5.62. The van der Waals surface area contributed by atoms with E-state index in [1.54, 1.807) is 11.8 Å². The molecule has 1 N–H and O–H groups in total. The van der Waals surface area contributed by atoms with Gasteiger partial charge in [-0.05, 0) is 38.1 Å². The van der Waals surface area contributed by atoms with E-state index in [9.17, 15) is 4.79 Å². The molecule has 7 heteroatoms. The predicted octanol–water partition coefficient (Wildman–Crippen LogP) is 2.71. The minimum Gasteiger partial charge on any atom is -0.486 e. The Balaban J connectivity index is 1.37. The van der Waals surface area contributed by atoms with Crippen molar-refractivity contribution >= 4 is 17.7 Å². The summed E-state index contributed by atoms with van der Waals surface area (Å²) in [5.74, 6) is 3.09. The van der Waals surface area contributed by atoms with E-state index in [-0.39, 0.29) is 5.91 Å². The second kappa shape index (κ2) is 8.89. The summed E-state index contributed by atoms with van der Waals surface area (Å²) >= 11 is 1.63. The third-order valence-electron chi connectivity index (χ3n) is 3.81. The van der Waals surface area contributed by atoms with Gasteiger partial charge in [0.05, 0.1) is 0 Å². The van der Waals surface area contributed by atoms with Crippen LogP contribution in [0.4, 0.5) is 0 Å². The molecule has 138 valence electrons. The van der Waals surface area contributed by atoms with Gasteiger partial charge in [-0.1, -0.05) is 0 Å². The number of ether oxygens (including phenoxy) is 2. The molecule has 0 unspecified atom stereocenters. The molecule has 2 heterocycles. The number of rotatable bonds is 7. The molecule has 1 aromatic heterocycles. The Bertz CT molecular complexity index is 762. The highest BCUT2D eigenvalue weighted by molar-refractivity contribution is 7.99. The van der Waals surface area contributed by atoms with E-state index in [0.29, 0.717) is 38.4 Å². The summed E-state index contributed by atoms with van der Waals surface area (Å²) in [6, 6.07) is 7.82. The lowest BCUT2D eigenvalue weighted by molar-refractivity contribution is -0.120. The zero-order valence-electron chi connectivity index (χ0n) is 15.1. The number of aromatic nitrogens is 2. The summed E-state index contributed by atoms with van der Waals surface area (Å²) in [5, 5.41) is 2.93. The van der Waals surface area contributed by atoms with Crippen LogP contribution in [0.5, 0.6) is 11.5 Å². The second-order valence-electron chi connectivity index (χ2n) is 6.07. The Morgan fingerprint density at radius 2 is 1.85 bits per heavy atom. The molecule has 0 atom stereocenters. The molecule has 1 aliphatic rings. The molecule has 0 aliphatic carbocycles. The minimum atomic E-state index is 0.0411. The molecule has 0 fully saturated rings. The predicted molar refractivity (Wildman–Crippen MR) is 101 cm³/mol. The van der Waals surface area contributed by atoms with Gasteiger partial charge in [0.2, 0.25) is 5.91 Å². The number of carbonyl (C=O) groups is 1. The Kier molecular flexibility index (Phi) is 6.33. The average molecular weight is 373 g/mol. The summed E-state index contributed by atoms with van der Waals surface area (Å²) in [5.41, 5.74) is 1.91. The highest BCUT2D eigenvalue weighted by Gasteiger charge is 2.12. The van der Waals surface area contributed by atoms with Gasteiger partial charge < -0.3 is 14.8 Å². The topological polar surface area (TPSA) is 73.3 Å². The first-order valence-electron chi connectivity index (χ1n) is 8.70. The number of nitrogens with zero attached hydrogens (tertiary/aromatic N) is 2. The molecule has 0 radical (unpaired) electrons. The van der Waals surface area contributed by atoms with Crippen molar-refractivity contribution in [1.29, 1.82) is 0 Å². The van der Waals surface area contributed by atoms with E-state index in [1.165, 1.54) is 0 Å². The van der Waals surface area contributed by atoms with Crippen LogP contribution in [0.3, 0.4) is 0 Å². The Hall–Kier alpha value is -2.28. The summed E-state index contributed by atoms with van der Waals surface area (Å²) in [7, 11) is 0. The molecule has 26 heavy (non-hydrogen) atoms. The lowest BCUT2D eigenvalue weighted by atomic mass is 10.3. The number of fused-ring (bicyclic) bond motifs is 1. The van der Waals surface area contributed by atoms with Crippen molar-refractivity contribution in [3.8, 4) is 11.5 Å². The molecule has 2 aromatic rings. The van der Waals surface area contributed by atoms with Gasteiger partial charge in [-0.3, -0.25) is 4.79 Å². The number of amides is 1. The molecule has 0 bridgehead atoms. The molecule has 0 spiro atoms. The Morgan fingerprint density at radius 3 is 2.62 bits per heavy atom. The van der Waals surface area contributed by atoms with Gasteiger partial charge in [0, 0.05) is 41.4 Å². The largest absolute Gasteiger partial charge is 0.486 e. The molecule has 6 nitrogen and oxygen atoms in total. The highest BCUT2D eigenvalue weighted by Crippen LogP contribution is 2.34. The summed E-state index contributed by atoms with van der Waals surface area (Å²) < 4.78 is 11.1. The second-order valence-corrected chi connectivity index (χ2v) is 7.24. The first kappa shape index (κ1) is 18.5. The summed E-state index contributed by atoms with van der Waals surface area (Å²) in [6.07, 6.45) is 1.11. The molecule has 0 saturated heterocycles. The SMILES string of the molecule is Cc1cc(C)nc(CCNC(=O)CCSc2ccc3c(c2)OCCO3)n1. The molecular weight excluding hydrogens is 350 g/mol. The van der Waals surface area contributed by atoms with Crippen molar-refractivity contribution < 1.29 is 14.3 Å². The third kappa shape index (κ3) is 5.36. The van der Waals surface area contributed by atoms with Crippen molar-refractivity contribution in [2.24, 2.45) is 0 Å². The van der Waals surface area contributed by atoms with Crippen LogP contribution in [0, 0.1) is 13.8 Å². The van der Waals surface area contributed by atoms with Crippen molar-refractivity contribution in [1.82, 2.24) is 15.3 Å². The van der Waals surface area contributed by atoms with Crippen LogP contribution in [-0.2, 0) is 11.2 Å². The van der Waals surface area contributed by atoms with E-state index in [1.807, 2.05) is 38.1 Å². The number of hydrogen-bond donors (Lipinski definition) is 1. The van der Waals surface area contributed by atoms with Gasteiger partial charge >= 0.3 is 0 Å². The molecule has 0 saturated carbocycles. The molecule has 3 rings (SSSR count). The Labute approximate surface area is 157 Å². The average Bonchev–Trinajstić information content (AvgIpc) is 2.61. The standard InChI is InChI=1S/C19H23N3O3S/c1-13-11-14(2)22-18(21-13)5-7-20-19(23)6-10-26-15-3-4-16-17(12-15)25-9-8-24-16/h3-4,11-12H,5-10H2,1-2H3,(H,20,23). The lowest BCUT2D eigenvalue weighted by Crippen LogP contribution is -2.26. The zero-order valence-corrected chi connectivity index (χ0v) is 15.9.